The van der Waals surface area contributed by atoms with Crippen LogP contribution in [0.4, 0.5) is 8.78 Å². The van der Waals surface area contributed by atoms with Crippen LogP contribution >= 0.6 is 0 Å². The number of nitrogens with zero attached hydrogens (tertiary/aromatic N) is 7. The second-order valence-electron chi connectivity index (χ2n) is 17.7. The third kappa shape index (κ3) is 8.11. The van der Waals surface area contributed by atoms with Crippen molar-refractivity contribution in [3.8, 4) is 28.3 Å². The van der Waals surface area contributed by atoms with E-state index in [0.29, 0.717) is 96.4 Å². The number of benzene rings is 4. The third-order valence-electron chi connectivity index (χ3n) is 13.0. The number of hydrogen-bond donors (Lipinski definition) is 5. The van der Waals surface area contributed by atoms with Crippen molar-refractivity contribution in [1.82, 2.24) is 50.2 Å². The molecule has 0 radical (unpaired) electrons. The zero-order valence-corrected chi connectivity index (χ0v) is 40.3. The Morgan fingerprint density at radius 2 is 1.09 bits per heavy atom. The van der Waals surface area contributed by atoms with Gasteiger partial charge in [-0.1, -0.05) is 34.6 Å². The lowest BCUT2D eigenvalue weighted by Gasteiger charge is -2.29. The van der Waals surface area contributed by atoms with Crippen LogP contribution in [0.15, 0.2) is 148 Å². The van der Waals surface area contributed by atoms with Crippen LogP contribution in [-0.4, -0.2) is 67.0 Å². The van der Waals surface area contributed by atoms with Crippen molar-refractivity contribution in [3.63, 3.8) is 0 Å². The molecular weight excluding hydrogens is 947 g/mol. The number of aromatic nitrogens is 10. The average Bonchev–Trinajstić information content (AvgIpc) is 4.19. The summed E-state index contributed by atoms with van der Waals surface area (Å²) in [5.74, 6) is 0.376. The van der Waals surface area contributed by atoms with Gasteiger partial charge in [-0.05, 0) is 131 Å². The van der Waals surface area contributed by atoms with Crippen molar-refractivity contribution in [2.75, 3.05) is 6.61 Å². The van der Waals surface area contributed by atoms with E-state index in [1.165, 1.54) is 24.3 Å². The van der Waals surface area contributed by atoms with Crippen molar-refractivity contribution in [2.45, 2.75) is 45.8 Å². The second kappa shape index (κ2) is 18.4. The Kier molecular flexibility index (Phi) is 11.7. The average molecular weight is 991 g/mol. The predicted molar refractivity (Wildman–Crippen MR) is 272 cm³/mol. The van der Waals surface area contributed by atoms with Crippen LogP contribution in [0.1, 0.15) is 63.7 Å². The molecule has 0 saturated heterocycles. The minimum Gasteiger partial charge on any atom is -0.465 e. The number of aryl methyl sites for hydroxylation is 4. The van der Waals surface area contributed by atoms with Gasteiger partial charge in [-0.25, -0.2) is 23.5 Å². The van der Waals surface area contributed by atoms with Crippen LogP contribution in [0, 0.1) is 39.3 Å². The lowest BCUT2D eigenvalue weighted by molar-refractivity contribution is 0.117. The number of aliphatic hydroxyl groups is 2. The molecular formula is C56H44F2N10O6. The van der Waals surface area contributed by atoms with Crippen LogP contribution in [0.5, 0.6) is 6.01 Å². The van der Waals surface area contributed by atoms with Crippen molar-refractivity contribution >= 4 is 43.9 Å². The minimum atomic E-state index is -1.90. The number of fused-ring (bicyclic) bond motifs is 4. The van der Waals surface area contributed by atoms with E-state index in [1.807, 2.05) is 39.8 Å². The van der Waals surface area contributed by atoms with E-state index in [1.54, 1.807) is 104 Å². The fraction of sp³-hybridized carbons (Fsp3) is 0.143. The number of ether oxygens (including phenoxy) is 1. The van der Waals surface area contributed by atoms with E-state index in [2.05, 4.69) is 45.2 Å². The van der Waals surface area contributed by atoms with Crippen LogP contribution in [0.3, 0.4) is 0 Å². The first-order valence-electron chi connectivity index (χ1n) is 23.4. The van der Waals surface area contributed by atoms with Gasteiger partial charge in [-0.3, -0.25) is 9.97 Å². The molecule has 0 aliphatic carbocycles. The summed E-state index contributed by atoms with van der Waals surface area (Å²) >= 11 is 0. The molecule has 0 bridgehead atoms. The Morgan fingerprint density at radius 1 is 0.581 bits per heavy atom. The SMILES string of the molecule is CCOc1nc2c(C(O)(c3ccccn3)c3ccc4ccc(F)cc4n3)cc(-c3c(C)noc3C)cc2[nH]1.Cc1noc(C)c1-c1cc(C(O)(c2ccccn2)c2ccc3ccc(F)cc3n2)c2[nH]c(=O)[nH]c2c1. The van der Waals surface area contributed by atoms with Crippen LogP contribution < -0.4 is 10.4 Å². The summed E-state index contributed by atoms with van der Waals surface area (Å²) in [5.41, 5.74) is 4.84. The van der Waals surface area contributed by atoms with E-state index < -0.39 is 28.5 Å². The van der Waals surface area contributed by atoms with Gasteiger partial charge in [0.25, 0.3) is 6.01 Å². The summed E-state index contributed by atoms with van der Waals surface area (Å²) in [4.78, 5) is 44.2. The van der Waals surface area contributed by atoms with Crippen LogP contribution in [0.25, 0.3) is 66.1 Å². The standard InChI is InChI=1S/C29H24FN5O3.C27H20FN5O3/c1-4-37-28-33-23-14-19(26-16(2)35-38-17(26)3)13-21(27(23)34-28)29(36,24-7-5-6-12-31-24)25-11-9-18-8-10-20(30)15-22(18)32-25;1-14-24(15(2)36-33-14)17-11-19(25-21(12-17)31-26(34)32-25)27(35,22-5-3-4-10-29-22)23-9-7-16-6-8-18(28)13-20(16)30-23/h5-15,36H,4H2,1-3H3,(H,33,34);3-13,35H,1-2H3,(H2,31,32,34). The maximum Gasteiger partial charge on any atom is 0.323 e. The molecule has 368 valence electrons. The summed E-state index contributed by atoms with van der Waals surface area (Å²) in [6, 6.07) is 33.7. The maximum absolute atomic E-state index is 14.1. The van der Waals surface area contributed by atoms with Crippen LogP contribution in [-0.2, 0) is 11.2 Å². The molecule has 2 unspecified atom stereocenters. The molecule has 8 heterocycles. The first kappa shape index (κ1) is 47.1. The molecule has 18 heteroatoms. The van der Waals surface area contributed by atoms with Gasteiger partial charge < -0.3 is 38.9 Å². The fourth-order valence-corrected chi connectivity index (χ4v) is 9.63. The fourth-order valence-electron chi connectivity index (χ4n) is 9.63. The van der Waals surface area contributed by atoms with Gasteiger partial charge in [0, 0.05) is 57.6 Å². The molecule has 0 aliphatic rings. The smallest absolute Gasteiger partial charge is 0.323 e. The number of rotatable bonds is 10. The van der Waals surface area contributed by atoms with Crippen molar-refractivity contribution in [3.05, 3.63) is 213 Å². The second-order valence-corrected chi connectivity index (χ2v) is 17.7. The Labute approximate surface area is 418 Å². The van der Waals surface area contributed by atoms with Gasteiger partial charge in [0.2, 0.25) is 0 Å². The number of pyridine rings is 4. The Hall–Kier alpha value is -9.26. The summed E-state index contributed by atoms with van der Waals surface area (Å²) in [6.45, 7) is 9.59. The highest BCUT2D eigenvalue weighted by Crippen LogP contribution is 2.44. The third-order valence-corrected chi connectivity index (χ3v) is 13.0. The molecule has 0 saturated carbocycles. The molecule has 2 atom stereocenters. The zero-order chi connectivity index (χ0) is 51.5. The molecule has 0 fully saturated rings. The Morgan fingerprint density at radius 3 is 1.59 bits per heavy atom. The lowest BCUT2D eigenvalue weighted by Crippen LogP contribution is -2.31. The Bertz CT molecular complexity index is 4120. The molecule has 16 nitrogen and oxygen atoms in total. The molecule has 5 N–H and O–H groups in total. The highest BCUT2D eigenvalue weighted by molar-refractivity contribution is 5.90. The quantitative estimate of drug-likeness (QED) is 0.0860. The van der Waals surface area contributed by atoms with E-state index in [4.69, 9.17) is 18.8 Å². The normalized spacial score (nSPS) is 13.3. The van der Waals surface area contributed by atoms with E-state index in [0.717, 1.165) is 22.1 Å². The van der Waals surface area contributed by atoms with E-state index in [9.17, 15) is 23.8 Å². The van der Waals surface area contributed by atoms with Gasteiger partial charge >= 0.3 is 5.69 Å². The summed E-state index contributed by atoms with van der Waals surface area (Å²) in [7, 11) is 0. The number of H-pyrrole nitrogens is 3. The Balaban J connectivity index is 0.000000159. The van der Waals surface area contributed by atoms with Crippen molar-refractivity contribution in [2.24, 2.45) is 0 Å². The predicted octanol–water partition coefficient (Wildman–Crippen LogP) is 10.1. The molecule has 4 aromatic carbocycles. The number of imidazole rings is 2. The first-order chi connectivity index (χ1) is 35.7. The van der Waals surface area contributed by atoms with E-state index >= 15 is 0 Å². The van der Waals surface area contributed by atoms with Gasteiger partial charge in [-0.2, -0.15) is 4.98 Å². The number of aromatic amines is 3. The highest BCUT2D eigenvalue weighted by Gasteiger charge is 2.41. The highest BCUT2D eigenvalue weighted by atomic mass is 19.1. The van der Waals surface area contributed by atoms with Crippen LogP contribution in [0.2, 0.25) is 0 Å². The van der Waals surface area contributed by atoms with Gasteiger partial charge in [0.05, 0.1) is 73.9 Å². The molecule has 8 aromatic heterocycles. The minimum absolute atomic E-state index is 0.221. The van der Waals surface area contributed by atoms with Gasteiger partial charge in [0.1, 0.15) is 23.2 Å². The topological polar surface area (TPSA) is 231 Å². The summed E-state index contributed by atoms with van der Waals surface area (Å²) in [5, 5.41) is 34.8. The van der Waals surface area contributed by atoms with Gasteiger partial charge in [-0.15, -0.1) is 0 Å². The summed E-state index contributed by atoms with van der Waals surface area (Å²) in [6.07, 6.45) is 3.17. The molecule has 0 spiro atoms. The number of halogens is 2. The zero-order valence-electron chi connectivity index (χ0n) is 40.3. The molecule has 12 aromatic rings. The summed E-state index contributed by atoms with van der Waals surface area (Å²) < 4.78 is 44.6. The maximum atomic E-state index is 14.1. The number of hydrogen-bond acceptors (Lipinski definition) is 13. The van der Waals surface area contributed by atoms with E-state index in [-0.39, 0.29) is 17.1 Å². The monoisotopic (exact) mass is 990 g/mol. The van der Waals surface area contributed by atoms with Crippen molar-refractivity contribution < 1.29 is 32.8 Å². The largest absolute Gasteiger partial charge is 0.465 e. The molecule has 0 amide bonds. The number of nitrogens with one attached hydrogen (secondary N) is 3. The van der Waals surface area contributed by atoms with Gasteiger partial charge in [0.15, 0.2) is 11.2 Å². The molecule has 0 aliphatic heterocycles. The van der Waals surface area contributed by atoms with Crippen molar-refractivity contribution in [1.29, 1.82) is 0 Å². The molecule has 74 heavy (non-hydrogen) atoms. The lowest BCUT2D eigenvalue weighted by atomic mass is 9.83. The molecule has 12 rings (SSSR count). The first-order valence-corrected chi connectivity index (χ1v) is 23.4.